The number of aryl methyl sites for hydroxylation is 1. The first-order chi connectivity index (χ1) is 14.9. The summed E-state index contributed by atoms with van der Waals surface area (Å²) in [5.74, 6) is -0.0372. The molecule has 0 radical (unpaired) electrons. The third-order valence-electron chi connectivity index (χ3n) is 5.39. The number of nitrogens with two attached hydrogens (primary N) is 1. The Kier molecular flexibility index (Phi) is 5.57. The molecule has 0 aliphatic carbocycles. The van der Waals surface area contributed by atoms with Crippen LogP contribution in [0.5, 0.6) is 5.88 Å². The predicted octanol–water partition coefficient (Wildman–Crippen LogP) is 1.53. The summed E-state index contributed by atoms with van der Waals surface area (Å²) >= 11 is 0. The van der Waals surface area contributed by atoms with Crippen LogP contribution in [0.2, 0.25) is 0 Å². The Bertz CT molecular complexity index is 1110. The number of aliphatic hydroxyl groups is 2. The molecule has 0 fully saturated rings. The SMILES string of the molecule is CCC(C(O)O)n1cc(-c2ccc(N3CCOc4ncnc(N)c4C3=O)cc2C)cn1. The standard InChI is InChI=1S/C21H24N6O4/c1-3-16(21(29)30)27-10-13(9-25-27)15-5-4-14(8-12(15)2)26-6-7-31-19-17(20(26)28)18(22)23-11-24-19/h4-5,8-11,16,21,29-30H,3,6-7H2,1-2H3,(H2,22,23,24). The monoisotopic (exact) mass is 424 g/mol. The highest BCUT2D eigenvalue weighted by atomic mass is 16.5. The summed E-state index contributed by atoms with van der Waals surface area (Å²) in [5, 5.41) is 23.4. The Labute approximate surface area is 178 Å². The topological polar surface area (TPSA) is 140 Å². The van der Waals surface area contributed by atoms with Crippen molar-refractivity contribution in [1.29, 1.82) is 0 Å². The molecule has 1 aromatic carbocycles. The van der Waals surface area contributed by atoms with Crippen LogP contribution in [0.15, 0.2) is 36.9 Å². The molecular formula is C21H24N6O4. The van der Waals surface area contributed by atoms with Gasteiger partial charge in [0, 0.05) is 17.4 Å². The average Bonchev–Trinajstić information content (AvgIpc) is 3.13. The summed E-state index contributed by atoms with van der Waals surface area (Å²) < 4.78 is 7.14. The van der Waals surface area contributed by atoms with Gasteiger partial charge in [-0.15, -0.1) is 0 Å². The van der Waals surface area contributed by atoms with E-state index in [0.717, 1.165) is 16.7 Å². The first kappa shape index (κ1) is 20.8. The molecule has 31 heavy (non-hydrogen) atoms. The van der Waals surface area contributed by atoms with E-state index in [1.54, 1.807) is 22.0 Å². The molecule has 1 aliphatic heterocycles. The van der Waals surface area contributed by atoms with Crippen molar-refractivity contribution in [3.05, 3.63) is 48.0 Å². The number of amides is 1. The van der Waals surface area contributed by atoms with Crippen LogP contribution < -0.4 is 15.4 Å². The van der Waals surface area contributed by atoms with Crippen LogP contribution in [-0.4, -0.2) is 55.3 Å². The summed E-state index contributed by atoms with van der Waals surface area (Å²) in [5.41, 5.74) is 9.48. The fraction of sp³-hybridized carbons (Fsp3) is 0.333. The van der Waals surface area contributed by atoms with Gasteiger partial charge in [-0.1, -0.05) is 13.0 Å². The van der Waals surface area contributed by atoms with Gasteiger partial charge in [-0.25, -0.2) is 9.97 Å². The summed E-state index contributed by atoms with van der Waals surface area (Å²) in [4.78, 5) is 22.7. The lowest BCUT2D eigenvalue weighted by Gasteiger charge is -2.21. The molecule has 1 amide bonds. The second-order valence-electron chi connectivity index (χ2n) is 7.34. The number of nitrogen functional groups attached to an aromatic ring is 1. The molecule has 4 rings (SSSR count). The maximum absolute atomic E-state index is 13.1. The van der Waals surface area contributed by atoms with Crippen molar-refractivity contribution >= 4 is 17.4 Å². The second kappa shape index (κ2) is 8.32. The van der Waals surface area contributed by atoms with Crippen molar-refractivity contribution in [2.45, 2.75) is 32.6 Å². The average molecular weight is 424 g/mol. The molecule has 4 N–H and O–H groups in total. The normalized spacial score (nSPS) is 14.9. The van der Waals surface area contributed by atoms with E-state index in [9.17, 15) is 15.0 Å². The Morgan fingerprint density at radius 3 is 2.81 bits per heavy atom. The number of carbonyl (C=O) groups is 1. The zero-order chi connectivity index (χ0) is 22.1. The van der Waals surface area contributed by atoms with Crippen LogP contribution in [-0.2, 0) is 0 Å². The Morgan fingerprint density at radius 2 is 2.10 bits per heavy atom. The number of nitrogens with zero attached hydrogens (tertiary/aromatic N) is 5. The molecule has 1 unspecified atom stereocenters. The minimum Gasteiger partial charge on any atom is -0.475 e. The fourth-order valence-electron chi connectivity index (χ4n) is 3.74. The van der Waals surface area contributed by atoms with E-state index >= 15 is 0 Å². The number of aliphatic hydroxyl groups excluding tert-OH is 1. The number of hydrogen-bond donors (Lipinski definition) is 3. The summed E-state index contributed by atoms with van der Waals surface area (Å²) in [6.45, 7) is 4.44. The third-order valence-corrected chi connectivity index (χ3v) is 5.39. The van der Waals surface area contributed by atoms with Crippen molar-refractivity contribution in [1.82, 2.24) is 19.7 Å². The number of anilines is 2. The molecule has 10 nitrogen and oxygen atoms in total. The van der Waals surface area contributed by atoms with E-state index in [-0.39, 0.29) is 29.8 Å². The molecule has 0 spiro atoms. The van der Waals surface area contributed by atoms with Gasteiger partial charge in [0.1, 0.15) is 30.4 Å². The highest BCUT2D eigenvalue weighted by molar-refractivity contribution is 6.10. The van der Waals surface area contributed by atoms with Crippen molar-refractivity contribution in [3.8, 4) is 17.0 Å². The molecule has 1 atom stereocenters. The van der Waals surface area contributed by atoms with E-state index in [2.05, 4.69) is 15.1 Å². The maximum Gasteiger partial charge on any atom is 0.267 e. The zero-order valence-corrected chi connectivity index (χ0v) is 17.3. The van der Waals surface area contributed by atoms with Gasteiger partial charge in [0.15, 0.2) is 6.29 Å². The lowest BCUT2D eigenvalue weighted by Crippen LogP contribution is -2.32. The van der Waals surface area contributed by atoms with E-state index in [1.165, 1.54) is 6.33 Å². The number of fused-ring (bicyclic) bond motifs is 1. The van der Waals surface area contributed by atoms with Gasteiger partial charge in [-0.05, 0) is 36.6 Å². The molecule has 2 aromatic heterocycles. The number of ether oxygens (including phenoxy) is 1. The van der Waals surface area contributed by atoms with Gasteiger partial charge in [0.25, 0.3) is 5.91 Å². The predicted molar refractivity (Wildman–Crippen MR) is 114 cm³/mol. The molecule has 0 bridgehead atoms. The van der Waals surface area contributed by atoms with Crippen molar-refractivity contribution in [2.75, 3.05) is 23.8 Å². The van der Waals surface area contributed by atoms with Gasteiger partial charge in [0.2, 0.25) is 5.88 Å². The van der Waals surface area contributed by atoms with E-state index in [0.29, 0.717) is 18.7 Å². The van der Waals surface area contributed by atoms with Gasteiger partial charge in [-0.3, -0.25) is 9.48 Å². The highest BCUT2D eigenvalue weighted by Gasteiger charge is 2.29. The van der Waals surface area contributed by atoms with E-state index < -0.39 is 12.3 Å². The van der Waals surface area contributed by atoms with E-state index in [1.807, 2.05) is 32.0 Å². The van der Waals surface area contributed by atoms with Crippen LogP contribution in [0.3, 0.4) is 0 Å². The minimum absolute atomic E-state index is 0.0826. The van der Waals surface area contributed by atoms with Crippen LogP contribution in [0, 0.1) is 6.92 Å². The Hall–Kier alpha value is -3.50. The lowest BCUT2D eigenvalue weighted by atomic mass is 10.0. The molecule has 10 heteroatoms. The number of aromatic nitrogens is 4. The summed E-state index contributed by atoms with van der Waals surface area (Å²) in [7, 11) is 0. The molecular weight excluding hydrogens is 400 g/mol. The highest BCUT2D eigenvalue weighted by Crippen LogP contribution is 2.31. The lowest BCUT2D eigenvalue weighted by molar-refractivity contribution is -0.0817. The van der Waals surface area contributed by atoms with Crippen molar-refractivity contribution in [3.63, 3.8) is 0 Å². The number of benzene rings is 1. The minimum atomic E-state index is -1.49. The summed E-state index contributed by atoms with van der Waals surface area (Å²) in [6.07, 6.45) is 3.79. The van der Waals surface area contributed by atoms with Crippen LogP contribution in [0.25, 0.3) is 11.1 Å². The Morgan fingerprint density at radius 1 is 1.29 bits per heavy atom. The molecule has 0 saturated heterocycles. The number of hydrogen-bond acceptors (Lipinski definition) is 8. The van der Waals surface area contributed by atoms with E-state index in [4.69, 9.17) is 10.5 Å². The largest absolute Gasteiger partial charge is 0.475 e. The molecule has 162 valence electrons. The second-order valence-corrected chi connectivity index (χ2v) is 7.34. The third kappa shape index (κ3) is 3.82. The molecule has 3 heterocycles. The molecule has 1 aliphatic rings. The van der Waals surface area contributed by atoms with Gasteiger partial charge in [-0.2, -0.15) is 5.10 Å². The fourth-order valence-corrected chi connectivity index (χ4v) is 3.74. The number of carbonyl (C=O) groups excluding carboxylic acids is 1. The zero-order valence-electron chi connectivity index (χ0n) is 17.3. The van der Waals surface area contributed by atoms with Crippen molar-refractivity contribution < 1.29 is 19.7 Å². The quantitative estimate of drug-likeness (QED) is 0.524. The van der Waals surface area contributed by atoms with Crippen LogP contribution >= 0.6 is 0 Å². The van der Waals surface area contributed by atoms with Gasteiger partial charge >= 0.3 is 0 Å². The maximum atomic E-state index is 13.1. The first-order valence-electron chi connectivity index (χ1n) is 9.97. The molecule has 0 saturated carbocycles. The molecule has 3 aromatic rings. The van der Waals surface area contributed by atoms with Crippen LogP contribution in [0.4, 0.5) is 11.5 Å². The smallest absolute Gasteiger partial charge is 0.267 e. The first-order valence-corrected chi connectivity index (χ1v) is 9.97. The van der Waals surface area contributed by atoms with Crippen molar-refractivity contribution in [2.24, 2.45) is 0 Å². The van der Waals surface area contributed by atoms with Gasteiger partial charge in [0.05, 0.1) is 12.7 Å². The number of rotatable bonds is 5. The van der Waals surface area contributed by atoms with Gasteiger partial charge < -0.3 is 25.6 Å². The van der Waals surface area contributed by atoms with Crippen LogP contribution in [0.1, 0.15) is 35.3 Å². The Balaban J connectivity index is 1.65. The summed E-state index contributed by atoms with van der Waals surface area (Å²) in [6, 6.07) is 5.15.